The quantitative estimate of drug-likeness (QED) is 0.933. The lowest BCUT2D eigenvalue weighted by Crippen LogP contribution is -2.49. The van der Waals surface area contributed by atoms with E-state index >= 15 is 0 Å². The number of hydrogen-bond acceptors (Lipinski definition) is 5. The summed E-state index contributed by atoms with van der Waals surface area (Å²) in [5.41, 5.74) is 1.91. The van der Waals surface area contributed by atoms with E-state index < -0.39 is 0 Å². The van der Waals surface area contributed by atoms with Gasteiger partial charge in [-0.05, 0) is 38.8 Å². The second-order valence-electron chi connectivity index (χ2n) is 6.51. The Balaban J connectivity index is 1.54. The van der Waals surface area contributed by atoms with Gasteiger partial charge in [-0.25, -0.2) is 0 Å². The molecule has 1 amide bonds. The van der Waals surface area contributed by atoms with E-state index in [2.05, 4.69) is 20.0 Å². The fraction of sp³-hybridized carbons (Fsp3) is 0.562. The zero-order valence-corrected chi connectivity index (χ0v) is 13.5. The maximum atomic E-state index is 12.9. The summed E-state index contributed by atoms with van der Waals surface area (Å²) in [6, 6.07) is 1.86. The van der Waals surface area contributed by atoms with E-state index in [1.165, 1.54) is 12.8 Å². The molecule has 2 aromatic heterocycles. The van der Waals surface area contributed by atoms with Crippen LogP contribution in [0.4, 0.5) is 0 Å². The van der Waals surface area contributed by atoms with Crippen LogP contribution in [0, 0.1) is 6.92 Å². The Morgan fingerprint density at radius 1 is 1.39 bits per heavy atom. The van der Waals surface area contributed by atoms with Crippen LogP contribution in [-0.2, 0) is 0 Å². The Bertz CT molecular complexity index is 718. The van der Waals surface area contributed by atoms with Gasteiger partial charge in [0.1, 0.15) is 6.04 Å². The first-order valence-electron chi connectivity index (χ1n) is 8.10. The molecule has 7 nitrogen and oxygen atoms in total. The number of amides is 1. The van der Waals surface area contributed by atoms with Crippen LogP contribution in [0.25, 0.3) is 0 Å². The predicted molar refractivity (Wildman–Crippen MR) is 83.1 cm³/mol. The molecule has 3 heterocycles. The number of aromatic nitrogens is 3. The van der Waals surface area contributed by atoms with Crippen LogP contribution >= 0.6 is 0 Å². The SMILES string of the molecule is Cc1noc([C@H]2CN(C(=O)c3cc[nH]c3C3CC3)CCN2C)n1. The normalized spacial score (nSPS) is 22.5. The van der Waals surface area contributed by atoms with Crippen molar-refractivity contribution in [3.05, 3.63) is 35.2 Å². The number of carbonyl (C=O) groups is 1. The number of nitrogens with zero attached hydrogens (tertiary/aromatic N) is 4. The molecule has 0 unspecified atom stereocenters. The largest absolute Gasteiger partial charge is 0.364 e. The van der Waals surface area contributed by atoms with Gasteiger partial charge in [0, 0.05) is 31.5 Å². The van der Waals surface area contributed by atoms with Gasteiger partial charge in [0.2, 0.25) is 5.89 Å². The molecule has 0 aromatic carbocycles. The molecule has 23 heavy (non-hydrogen) atoms. The molecule has 1 saturated heterocycles. The van der Waals surface area contributed by atoms with Crippen molar-refractivity contribution in [3.63, 3.8) is 0 Å². The highest BCUT2D eigenvalue weighted by molar-refractivity contribution is 5.95. The standard InChI is InChI=1S/C16H21N5O2/c1-10-18-15(23-19-10)13-9-21(8-7-20(13)2)16(22)12-5-6-17-14(12)11-3-4-11/h5-6,11,13,17H,3-4,7-9H2,1-2H3/t13-/m1/s1. The van der Waals surface area contributed by atoms with Crippen molar-refractivity contribution in [2.24, 2.45) is 0 Å². The van der Waals surface area contributed by atoms with Crippen LogP contribution in [0.5, 0.6) is 0 Å². The molecule has 0 bridgehead atoms. The van der Waals surface area contributed by atoms with Gasteiger partial charge in [0.05, 0.1) is 5.56 Å². The monoisotopic (exact) mass is 315 g/mol. The average Bonchev–Trinajstić information content (AvgIpc) is 3.11. The number of nitrogens with one attached hydrogen (secondary N) is 1. The summed E-state index contributed by atoms with van der Waals surface area (Å²) in [7, 11) is 2.03. The molecule has 0 radical (unpaired) electrons. The summed E-state index contributed by atoms with van der Waals surface area (Å²) in [6.07, 6.45) is 4.22. The van der Waals surface area contributed by atoms with Crippen LogP contribution in [0.3, 0.4) is 0 Å². The average molecular weight is 315 g/mol. The van der Waals surface area contributed by atoms with Crippen molar-refractivity contribution in [2.75, 3.05) is 26.7 Å². The summed E-state index contributed by atoms with van der Waals surface area (Å²) in [5, 5.41) is 3.87. The maximum absolute atomic E-state index is 12.9. The highest BCUT2D eigenvalue weighted by Crippen LogP contribution is 2.41. The zero-order chi connectivity index (χ0) is 16.0. The van der Waals surface area contributed by atoms with Crippen LogP contribution in [0.2, 0.25) is 0 Å². The van der Waals surface area contributed by atoms with Gasteiger partial charge < -0.3 is 14.4 Å². The Hall–Kier alpha value is -2.15. The Morgan fingerprint density at radius 3 is 2.91 bits per heavy atom. The first-order valence-corrected chi connectivity index (χ1v) is 8.10. The first kappa shape index (κ1) is 14.4. The summed E-state index contributed by atoms with van der Waals surface area (Å²) >= 11 is 0. The topological polar surface area (TPSA) is 78.3 Å². The molecule has 1 atom stereocenters. The van der Waals surface area contributed by atoms with E-state index in [-0.39, 0.29) is 11.9 Å². The van der Waals surface area contributed by atoms with E-state index in [1.807, 2.05) is 24.2 Å². The minimum absolute atomic E-state index is 0.0442. The molecular formula is C16H21N5O2. The highest BCUT2D eigenvalue weighted by atomic mass is 16.5. The van der Waals surface area contributed by atoms with E-state index in [4.69, 9.17) is 4.52 Å². The van der Waals surface area contributed by atoms with Crippen molar-refractivity contribution < 1.29 is 9.32 Å². The molecule has 2 aliphatic rings. The highest BCUT2D eigenvalue weighted by Gasteiger charge is 2.35. The summed E-state index contributed by atoms with van der Waals surface area (Å²) < 4.78 is 5.32. The van der Waals surface area contributed by atoms with Gasteiger partial charge in [-0.1, -0.05) is 5.16 Å². The maximum Gasteiger partial charge on any atom is 0.255 e. The third-order valence-corrected chi connectivity index (χ3v) is 4.76. The zero-order valence-electron chi connectivity index (χ0n) is 13.5. The molecule has 4 rings (SSSR count). The molecule has 1 aliphatic carbocycles. The third-order valence-electron chi connectivity index (χ3n) is 4.76. The molecule has 1 N–H and O–H groups in total. The van der Waals surface area contributed by atoms with Crippen molar-refractivity contribution in [2.45, 2.75) is 31.7 Å². The minimum atomic E-state index is -0.0442. The number of carbonyl (C=O) groups excluding carboxylic acids is 1. The van der Waals surface area contributed by atoms with Crippen molar-refractivity contribution in [1.29, 1.82) is 0 Å². The molecule has 7 heteroatoms. The number of aryl methyl sites for hydroxylation is 1. The number of H-pyrrole nitrogens is 1. The molecule has 2 fully saturated rings. The number of likely N-dealkylation sites (N-methyl/N-ethyl adjacent to an activating group) is 1. The Labute approximate surface area is 134 Å². The van der Waals surface area contributed by atoms with E-state index in [0.29, 0.717) is 30.7 Å². The Kier molecular flexibility index (Phi) is 3.45. The molecular weight excluding hydrogens is 294 g/mol. The van der Waals surface area contributed by atoms with Crippen LogP contribution in [0.1, 0.15) is 52.6 Å². The smallest absolute Gasteiger partial charge is 0.255 e. The van der Waals surface area contributed by atoms with Crippen molar-refractivity contribution in [3.8, 4) is 0 Å². The van der Waals surface area contributed by atoms with Gasteiger partial charge in [0.25, 0.3) is 5.91 Å². The predicted octanol–water partition coefficient (Wildman–Crippen LogP) is 1.71. The molecule has 0 spiro atoms. The lowest BCUT2D eigenvalue weighted by molar-refractivity contribution is 0.0488. The van der Waals surface area contributed by atoms with Crippen LogP contribution < -0.4 is 0 Å². The molecule has 1 aliphatic heterocycles. The minimum Gasteiger partial charge on any atom is -0.364 e. The van der Waals surface area contributed by atoms with Crippen molar-refractivity contribution in [1.82, 2.24) is 24.9 Å². The van der Waals surface area contributed by atoms with Gasteiger partial charge in [-0.15, -0.1) is 0 Å². The number of piperazine rings is 1. The Morgan fingerprint density at radius 2 is 2.22 bits per heavy atom. The number of hydrogen-bond donors (Lipinski definition) is 1. The second-order valence-corrected chi connectivity index (χ2v) is 6.51. The number of aromatic amines is 1. The van der Waals surface area contributed by atoms with Crippen LogP contribution in [-0.4, -0.2) is 57.5 Å². The fourth-order valence-electron chi connectivity index (χ4n) is 3.22. The number of rotatable bonds is 3. The molecule has 2 aromatic rings. The van der Waals surface area contributed by atoms with E-state index in [9.17, 15) is 4.79 Å². The van der Waals surface area contributed by atoms with Gasteiger partial charge in [-0.3, -0.25) is 9.69 Å². The lowest BCUT2D eigenvalue weighted by Gasteiger charge is -2.37. The first-order chi connectivity index (χ1) is 11.1. The van der Waals surface area contributed by atoms with E-state index in [0.717, 1.165) is 17.8 Å². The molecule has 1 saturated carbocycles. The third kappa shape index (κ3) is 2.65. The second kappa shape index (κ2) is 5.49. The van der Waals surface area contributed by atoms with E-state index in [1.54, 1.807) is 6.92 Å². The molecule has 122 valence electrons. The van der Waals surface area contributed by atoms with Gasteiger partial charge in [-0.2, -0.15) is 4.98 Å². The fourth-order valence-corrected chi connectivity index (χ4v) is 3.22. The van der Waals surface area contributed by atoms with Gasteiger partial charge in [0.15, 0.2) is 5.82 Å². The summed E-state index contributed by atoms with van der Waals surface area (Å²) in [5.74, 6) is 1.84. The summed E-state index contributed by atoms with van der Waals surface area (Å²) in [4.78, 5) is 24.6. The van der Waals surface area contributed by atoms with Gasteiger partial charge >= 0.3 is 0 Å². The van der Waals surface area contributed by atoms with Crippen LogP contribution in [0.15, 0.2) is 16.8 Å². The summed E-state index contributed by atoms with van der Waals surface area (Å²) in [6.45, 7) is 3.89. The lowest BCUT2D eigenvalue weighted by atomic mass is 10.1. The van der Waals surface area contributed by atoms with Crippen molar-refractivity contribution >= 4 is 5.91 Å².